The van der Waals surface area contributed by atoms with Crippen molar-refractivity contribution >= 4 is 0 Å². The lowest BCUT2D eigenvalue weighted by Crippen LogP contribution is -2.32. The zero-order valence-corrected chi connectivity index (χ0v) is 7.23. The van der Waals surface area contributed by atoms with Gasteiger partial charge in [-0.15, -0.1) is 0 Å². The number of piperidine rings is 1. The summed E-state index contributed by atoms with van der Waals surface area (Å²) in [7, 11) is 0. The maximum absolute atomic E-state index is 12.5. The van der Waals surface area contributed by atoms with Gasteiger partial charge >= 0.3 is 0 Å². The molecule has 0 radical (unpaired) electrons. The first-order chi connectivity index (χ1) is 5.68. The Morgan fingerprint density at radius 3 is 2.25 bits per heavy atom. The zero-order valence-electron chi connectivity index (χ0n) is 7.23. The molecule has 3 heteroatoms. The third-order valence-electron chi connectivity index (χ3n) is 2.88. The van der Waals surface area contributed by atoms with Crippen molar-refractivity contribution < 1.29 is 8.78 Å². The molecule has 1 saturated carbocycles. The van der Waals surface area contributed by atoms with Crippen LogP contribution in [-0.2, 0) is 0 Å². The van der Waals surface area contributed by atoms with Crippen molar-refractivity contribution in [3.63, 3.8) is 0 Å². The van der Waals surface area contributed by atoms with Crippen molar-refractivity contribution in [2.45, 2.75) is 31.6 Å². The van der Waals surface area contributed by atoms with Crippen LogP contribution in [0.15, 0.2) is 0 Å². The van der Waals surface area contributed by atoms with E-state index in [1.54, 1.807) is 0 Å². The second kappa shape index (κ2) is 2.95. The molecule has 0 aromatic carbocycles. The van der Waals surface area contributed by atoms with Crippen LogP contribution in [0.1, 0.15) is 25.7 Å². The van der Waals surface area contributed by atoms with E-state index in [1.807, 2.05) is 0 Å². The van der Waals surface area contributed by atoms with Crippen molar-refractivity contribution in [1.82, 2.24) is 4.90 Å². The van der Waals surface area contributed by atoms with Gasteiger partial charge < -0.3 is 4.90 Å². The summed E-state index contributed by atoms with van der Waals surface area (Å²) < 4.78 is 25.0. The zero-order chi connectivity index (χ0) is 8.60. The standard InChI is InChI=1S/C9H15F2N/c10-9(11)6-8(9)7-12-4-2-1-3-5-12/h8H,1-7H2/t8-/m1/s1. The molecule has 0 bridgehead atoms. The fourth-order valence-electron chi connectivity index (χ4n) is 1.92. The van der Waals surface area contributed by atoms with E-state index in [1.165, 1.54) is 19.3 Å². The van der Waals surface area contributed by atoms with Crippen LogP contribution >= 0.6 is 0 Å². The van der Waals surface area contributed by atoms with E-state index < -0.39 is 5.92 Å². The van der Waals surface area contributed by atoms with Gasteiger partial charge in [0.2, 0.25) is 0 Å². The molecule has 2 aliphatic rings. The van der Waals surface area contributed by atoms with E-state index in [2.05, 4.69) is 4.90 Å². The molecular weight excluding hydrogens is 160 g/mol. The van der Waals surface area contributed by atoms with E-state index >= 15 is 0 Å². The molecule has 1 nitrogen and oxygen atoms in total. The van der Waals surface area contributed by atoms with Crippen molar-refractivity contribution in [2.75, 3.05) is 19.6 Å². The summed E-state index contributed by atoms with van der Waals surface area (Å²) >= 11 is 0. The van der Waals surface area contributed by atoms with Crippen LogP contribution in [0.2, 0.25) is 0 Å². The Bertz CT molecular complexity index is 164. The minimum atomic E-state index is -2.32. The van der Waals surface area contributed by atoms with Crippen LogP contribution in [-0.4, -0.2) is 30.5 Å². The van der Waals surface area contributed by atoms with Gasteiger partial charge in [0.25, 0.3) is 5.92 Å². The van der Waals surface area contributed by atoms with Gasteiger partial charge in [-0.1, -0.05) is 6.42 Å². The van der Waals surface area contributed by atoms with Gasteiger partial charge in [0.05, 0.1) is 0 Å². The maximum atomic E-state index is 12.5. The molecule has 0 aromatic heterocycles. The predicted molar refractivity (Wildman–Crippen MR) is 43.3 cm³/mol. The summed E-state index contributed by atoms with van der Waals surface area (Å²) in [5, 5.41) is 0. The Morgan fingerprint density at radius 2 is 1.75 bits per heavy atom. The molecule has 1 atom stereocenters. The molecule has 0 aromatic rings. The molecule has 1 aliphatic carbocycles. The average Bonchev–Trinajstić information content (AvgIpc) is 2.61. The summed E-state index contributed by atoms with van der Waals surface area (Å²) in [6.45, 7) is 2.70. The molecule has 70 valence electrons. The van der Waals surface area contributed by atoms with Crippen LogP contribution in [0.25, 0.3) is 0 Å². The first-order valence-corrected chi connectivity index (χ1v) is 4.79. The van der Waals surface area contributed by atoms with Crippen LogP contribution in [0, 0.1) is 5.92 Å². The molecular formula is C9H15F2N. The van der Waals surface area contributed by atoms with Gasteiger partial charge in [0.15, 0.2) is 0 Å². The number of likely N-dealkylation sites (tertiary alicyclic amines) is 1. The highest BCUT2D eigenvalue weighted by atomic mass is 19.3. The Kier molecular flexibility index (Phi) is 2.07. The largest absolute Gasteiger partial charge is 0.303 e. The van der Waals surface area contributed by atoms with Crippen molar-refractivity contribution in [3.8, 4) is 0 Å². The summed E-state index contributed by atoms with van der Waals surface area (Å²) in [6, 6.07) is 0. The number of hydrogen-bond acceptors (Lipinski definition) is 1. The third kappa shape index (κ3) is 1.76. The Balaban J connectivity index is 1.73. The van der Waals surface area contributed by atoms with Gasteiger partial charge in [-0.3, -0.25) is 0 Å². The van der Waals surface area contributed by atoms with Crippen molar-refractivity contribution in [3.05, 3.63) is 0 Å². The molecule has 2 fully saturated rings. The van der Waals surface area contributed by atoms with Gasteiger partial charge in [-0.05, 0) is 25.9 Å². The SMILES string of the molecule is FC1(F)C[C@@H]1CN1CCCCC1. The van der Waals surface area contributed by atoms with Crippen molar-refractivity contribution in [2.24, 2.45) is 5.92 Å². The fourth-order valence-corrected chi connectivity index (χ4v) is 1.92. The summed E-state index contributed by atoms with van der Waals surface area (Å²) in [4.78, 5) is 2.19. The Labute approximate surface area is 71.7 Å². The number of alkyl halides is 2. The second-order valence-electron chi connectivity index (χ2n) is 4.02. The average molecular weight is 175 g/mol. The molecule has 1 saturated heterocycles. The normalized spacial score (nSPS) is 35.0. The number of nitrogens with zero attached hydrogens (tertiary/aromatic N) is 1. The number of hydrogen-bond donors (Lipinski definition) is 0. The van der Waals surface area contributed by atoms with Crippen LogP contribution in [0.3, 0.4) is 0 Å². The van der Waals surface area contributed by atoms with Gasteiger partial charge in [0, 0.05) is 18.9 Å². The van der Waals surface area contributed by atoms with E-state index in [0.717, 1.165) is 13.1 Å². The predicted octanol–water partition coefficient (Wildman–Crippen LogP) is 2.13. The third-order valence-corrected chi connectivity index (χ3v) is 2.88. The molecule has 2 rings (SSSR count). The highest BCUT2D eigenvalue weighted by Crippen LogP contribution is 2.48. The number of halogens is 2. The van der Waals surface area contributed by atoms with Gasteiger partial charge in [-0.2, -0.15) is 0 Å². The summed E-state index contributed by atoms with van der Waals surface area (Å²) in [5.41, 5.74) is 0. The Hall–Kier alpha value is -0.180. The molecule has 1 heterocycles. The van der Waals surface area contributed by atoms with E-state index in [9.17, 15) is 8.78 Å². The minimum absolute atomic E-state index is 0.128. The lowest BCUT2D eigenvalue weighted by atomic mass is 10.1. The molecule has 0 amide bonds. The summed E-state index contributed by atoms with van der Waals surface area (Å²) in [5.74, 6) is -2.65. The highest BCUT2D eigenvalue weighted by Gasteiger charge is 2.56. The number of rotatable bonds is 2. The maximum Gasteiger partial charge on any atom is 0.252 e. The lowest BCUT2D eigenvalue weighted by Gasteiger charge is -2.26. The second-order valence-corrected chi connectivity index (χ2v) is 4.02. The first-order valence-electron chi connectivity index (χ1n) is 4.79. The smallest absolute Gasteiger partial charge is 0.252 e. The molecule has 0 N–H and O–H groups in total. The van der Waals surface area contributed by atoms with Crippen LogP contribution in [0.5, 0.6) is 0 Å². The summed E-state index contributed by atoms with van der Waals surface area (Å²) in [6.07, 6.45) is 3.79. The quantitative estimate of drug-likeness (QED) is 0.621. The molecule has 12 heavy (non-hydrogen) atoms. The molecule has 0 unspecified atom stereocenters. The first kappa shape index (κ1) is 8.42. The molecule has 0 spiro atoms. The van der Waals surface area contributed by atoms with Gasteiger partial charge in [-0.25, -0.2) is 8.78 Å². The topological polar surface area (TPSA) is 3.24 Å². The monoisotopic (exact) mass is 175 g/mol. The fraction of sp³-hybridized carbons (Fsp3) is 1.00. The van der Waals surface area contributed by atoms with Crippen molar-refractivity contribution in [1.29, 1.82) is 0 Å². The highest BCUT2D eigenvalue weighted by molar-refractivity contribution is 4.96. The minimum Gasteiger partial charge on any atom is -0.303 e. The van der Waals surface area contributed by atoms with E-state index in [-0.39, 0.29) is 12.3 Å². The van der Waals surface area contributed by atoms with Gasteiger partial charge in [0.1, 0.15) is 0 Å². The Morgan fingerprint density at radius 1 is 1.17 bits per heavy atom. The van der Waals surface area contributed by atoms with Crippen LogP contribution in [0.4, 0.5) is 8.78 Å². The molecule has 1 aliphatic heterocycles. The lowest BCUT2D eigenvalue weighted by molar-refractivity contribution is 0.0843. The van der Waals surface area contributed by atoms with Crippen LogP contribution < -0.4 is 0 Å². The van der Waals surface area contributed by atoms with E-state index in [0.29, 0.717) is 6.54 Å². The van der Waals surface area contributed by atoms with E-state index in [4.69, 9.17) is 0 Å².